The van der Waals surface area contributed by atoms with Gasteiger partial charge >= 0.3 is 0 Å². The lowest BCUT2D eigenvalue weighted by Crippen LogP contribution is -1.87. The molecule has 2 N–H and O–H groups in total. The Morgan fingerprint density at radius 2 is 1.91 bits per heavy atom. The molecule has 0 saturated carbocycles. The number of fused-ring (bicyclic) bond motifs is 1. The van der Waals surface area contributed by atoms with Gasteiger partial charge in [-0.3, -0.25) is 9.78 Å². The van der Waals surface area contributed by atoms with Crippen LogP contribution in [-0.4, -0.2) is 25.1 Å². The molecule has 4 aromatic rings. The largest absolute Gasteiger partial charge is 0.507 e. The lowest BCUT2D eigenvalue weighted by Gasteiger charge is -2.05. The van der Waals surface area contributed by atoms with Crippen LogP contribution in [0.3, 0.4) is 0 Å². The van der Waals surface area contributed by atoms with Crippen LogP contribution in [0.5, 0.6) is 5.75 Å². The molecule has 0 unspecified atom stereocenters. The Kier molecular flexibility index (Phi) is 2.72. The molecule has 108 valence electrons. The second-order valence-corrected chi connectivity index (χ2v) is 5.22. The fraction of sp³-hybridized carbons (Fsp3) is 0.0588. The van der Waals surface area contributed by atoms with E-state index >= 15 is 0 Å². The zero-order chi connectivity index (χ0) is 15.1. The van der Waals surface area contributed by atoms with Gasteiger partial charge in [0.25, 0.3) is 0 Å². The van der Waals surface area contributed by atoms with E-state index in [9.17, 15) is 5.11 Å². The SMILES string of the molecule is Cn1ccc(-c2cc(-c3ccc4ccccc4c3O)n[nH]2)n1. The molecule has 22 heavy (non-hydrogen) atoms. The molecule has 0 saturated heterocycles. The van der Waals surface area contributed by atoms with Crippen LogP contribution < -0.4 is 0 Å². The minimum absolute atomic E-state index is 0.247. The third-order valence-corrected chi connectivity index (χ3v) is 3.74. The summed E-state index contributed by atoms with van der Waals surface area (Å²) in [5, 5.41) is 24.0. The van der Waals surface area contributed by atoms with Crippen molar-refractivity contribution in [3.05, 3.63) is 54.7 Å². The lowest BCUT2D eigenvalue weighted by atomic mass is 10.0. The first kappa shape index (κ1) is 12.6. The van der Waals surface area contributed by atoms with Gasteiger partial charge in [0, 0.05) is 24.2 Å². The van der Waals surface area contributed by atoms with Crippen molar-refractivity contribution in [3.63, 3.8) is 0 Å². The normalized spacial score (nSPS) is 11.1. The number of phenols is 1. The fourth-order valence-electron chi connectivity index (χ4n) is 2.61. The van der Waals surface area contributed by atoms with Gasteiger partial charge in [0.1, 0.15) is 11.4 Å². The predicted molar refractivity (Wildman–Crippen MR) is 85.4 cm³/mol. The quantitative estimate of drug-likeness (QED) is 0.595. The number of aromatic amines is 1. The maximum atomic E-state index is 10.5. The Hall–Kier alpha value is -3.08. The first-order valence-corrected chi connectivity index (χ1v) is 6.99. The van der Waals surface area contributed by atoms with E-state index in [1.807, 2.05) is 61.8 Å². The van der Waals surface area contributed by atoms with Crippen molar-refractivity contribution in [2.75, 3.05) is 0 Å². The summed E-state index contributed by atoms with van der Waals surface area (Å²) in [6.45, 7) is 0. The number of H-pyrrole nitrogens is 1. The van der Waals surface area contributed by atoms with Crippen LogP contribution in [0, 0.1) is 0 Å². The molecule has 0 radical (unpaired) electrons. The van der Waals surface area contributed by atoms with Crippen molar-refractivity contribution < 1.29 is 5.11 Å². The highest BCUT2D eigenvalue weighted by Gasteiger charge is 2.13. The summed E-state index contributed by atoms with van der Waals surface area (Å²) in [6.07, 6.45) is 1.88. The summed E-state index contributed by atoms with van der Waals surface area (Å²) >= 11 is 0. The van der Waals surface area contributed by atoms with Crippen LogP contribution in [0.15, 0.2) is 54.7 Å². The lowest BCUT2D eigenvalue weighted by molar-refractivity contribution is 0.483. The van der Waals surface area contributed by atoms with Gasteiger partial charge in [0.2, 0.25) is 0 Å². The summed E-state index contributed by atoms with van der Waals surface area (Å²) in [7, 11) is 1.87. The van der Waals surface area contributed by atoms with E-state index in [4.69, 9.17) is 0 Å². The van der Waals surface area contributed by atoms with Gasteiger partial charge in [-0.2, -0.15) is 10.2 Å². The molecule has 0 fully saturated rings. The zero-order valence-corrected chi connectivity index (χ0v) is 12.0. The maximum Gasteiger partial charge on any atom is 0.132 e. The number of aromatic nitrogens is 4. The topological polar surface area (TPSA) is 66.7 Å². The van der Waals surface area contributed by atoms with Crippen molar-refractivity contribution in [2.24, 2.45) is 7.05 Å². The van der Waals surface area contributed by atoms with Crippen LogP contribution in [0.1, 0.15) is 0 Å². The Balaban J connectivity index is 1.82. The van der Waals surface area contributed by atoms with Crippen LogP contribution in [0.4, 0.5) is 0 Å². The van der Waals surface area contributed by atoms with Gasteiger partial charge in [-0.1, -0.05) is 30.3 Å². The van der Waals surface area contributed by atoms with Crippen LogP contribution in [0.25, 0.3) is 33.4 Å². The van der Waals surface area contributed by atoms with Crippen molar-refractivity contribution in [1.29, 1.82) is 0 Å². The van der Waals surface area contributed by atoms with Crippen molar-refractivity contribution >= 4 is 10.8 Å². The average Bonchev–Trinajstić information content (AvgIpc) is 3.17. The molecule has 0 bridgehead atoms. The summed E-state index contributed by atoms with van der Waals surface area (Å²) < 4.78 is 1.74. The summed E-state index contributed by atoms with van der Waals surface area (Å²) in [5.41, 5.74) is 3.05. The van der Waals surface area contributed by atoms with Gasteiger partial charge < -0.3 is 5.11 Å². The monoisotopic (exact) mass is 290 g/mol. The van der Waals surface area contributed by atoms with E-state index in [0.717, 1.165) is 22.2 Å². The summed E-state index contributed by atoms with van der Waals surface area (Å²) in [4.78, 5) is 0. The van der Waals surface area contributed by atoms with Crippen LogP contribution in [-0.2, 0) is 7.05 Å². The van der Waals surface area contributed by atoms with Gasteiger partial charge in [-0.25, -0.2) is 0 Å². The van der Waals surface area contributed by atoms with E-state index in [2.05, 4.69) is 15.3 Å². The number of benzene rings is 2. The number of hydrogen-bond acceptors (Lipinski definition) is 3. The number of hydrogen-bond donors (Lipinski definition) is 2. The summed E-state index contributed by atoms with van der Waals surface area (Å²) in [6, 6.07) is 15.4. The van der Waals surface area contributed by atoms with Crippen molar-refractivity contribution in [2.45, 2.75) is 0 Å². The molecule has 0 atom stereocenters. The Bertz CT molecular complexity index is 968. The van der Waals surface area contributed by atoms with Crippen LogP contribution >= 0.6 is 0 Å². The highest BCUT2D eigenvalue weighted by atomic mass is 16.3. The molecular weight excluding hydrogens is 276 g/mol. The molecule has 0 aliphatic carbocycles. The molecule has 2 aromatic carbocycles. The number of aryl methyl sites for hydroxylation is 1. The molecule has 0 aliphatic heterocycles. The highest BCUT2D eigenvalue weighted by molar-refractivity contribution is 5.94. The highest BCUT2D eigenvalue weighted by Crippen LogP contribution is 2.35. The smallest absolute Gasteiger partial charge is 0.132 e. The molecule has 0 spiro atoms. The molecule has 0 aliphatic rings. The van der Waals surface area contributed by atoms with E-state index < -0.39 is 0 Å². The number of phenolic OH excluding ortho intramolecular Hbond substituents is 1. The van der Waals surface area contributed by atoms with E-state index in [0.29, 0.717) is 11.3 Å². The molecular formula is C17H14N4O. The summed E-state index contributed by atoms with van der Waals surface area (Å²) in [5.74, 6) is 0.247. The van der Waals surface area contributed by atoms with Gasteiger partial charge in [-0.15, -0.1) is 0 Å². The third kappa shape index (κ3) is 1.95. The molecule has 4 rings (SSSR count). The Morgan fingerprint density at radius 3 is 2.73 bits per heavy atom. The second kappa shape index (κ2) is 4.73. The van der Waals surface area contributed by atoms with Gasteiger partial charge in [-0.05, 0) is 23.6 Å². The van der Waals surface area contributed by atoms with Gasteiger partial charge in [0.15, 0.2) is 0 Å². The Labute approximate surface area is 126 Å². The number of nitrogens with zero attached hydrogens (tertiary/aromatic N) is 3. The van der Waals surface area contributed by atoms with Crippen LogP contribution in [0.2, 0.25) is 0 Å². The molecule has 5 heteroatoms. The van der Waals surface area contributed by atoms with E-state index in [1.54, 1.807) is 4.68 Å². The fourth-order valence-corrected chi connectivity index (χ4v) is 2.61. The Morgan fingerprint density at radius 1 is 1.05 bits per heavy atom. The molecule has 2 aromatic heterocycles. The van der Waals surface area contributed by atoms with Crippen molar-refractivity contribution in [1.82, 2.24) is 20.0 Å². The molecule has 2 heterocycles. The minimum atomic E-state index is 0.247. The van der Waals surface area contributed by atoms with Gasteiger partial charge in [0.05, 0.1) is 11.4 Å². The molecule has 5 nitrogen and oxygen atoms in total. The third-order valence-electron chi connectivity index (χ3n) is 3.74. The maximum absolute atomic E-state index is 10.5. The first-order chi connectivity index (χ1) is 10.7. The predicted octanol–water partition coefficient (Wildman–Crippen LogP) is 3.34. The second-order valence-electron chi connectivity index (χ2n) is 5.22. The number of aromatic hydroxyl groups is 1. The number of rotatable bonds is 2. The first-order valence-electron chi connectivity index (χ1n) is 6.99. The average molecular weight is 290 g/mol. The van der Waals surface area contributed by atoms with E-state index in [1.165, 1.54) is 0 Å². The number of nitrogens with one attached hydrogen (secondary N) is 1. The van der Waals surface area contributed by atoms with E-state index in [-0.39, 0.29) is 5.75 Å². The minimum Gasteiger partial charge on any atom is -0.507 e. The zero-order valence-electron chi connectivity index (χ0n) is 12.0. The van der Waals surface area contributed by atoms with Crippen molar-refractivity contribution in [3.8, 4) is 28.4 Å². The molecule has 0 amide bonds. The standard InChI is InChI=1S/C17H14N4O/c1-21-9-8-14(20-21)16-10-15(18-19-16)13-7-6-11-4-2-3-5-12(11)17(13)22/h2-10,22H,1H3,(H,18,19).